The van der Waals surface area contributed by atoms with E-state index in [1.54, 1.807) is 7.05 Å². The highest BCUT2D eigenvalue weighted by atomic mass is 16.5. The van der Waals surface area contributed by atoms with E-state index in [0.717, 1.165) is 5.56 Å². The third kappa shape index (κ3) is 3.73. The van der Waals surface area contributed by atoms with E-state index in [1.807, 2.05) is 30.3 Å². The van der Waals surface area contributed by atoms with Crippen LogP contribution in [-0.4, -0.2) is 30.9 Å². The summed E-state index contributed by atoms with van der Waals surface area (Å²) in [6.45, 7) is 0.497. The first kappa shape index (κ1) is 12.2. The number of carbonyl (C=O) groups excluding carboxylic acids is 2. The summed E-state index contributed by atoms with van der Waals surface area (Å²) in [6, 6.07) is 9.60. The van der Waals surface area contributed by atoms with Gasteiger partial charge in [-0.1, -0.05) is 30.3 Å². The molecule has 86 valence electrons. The molecule has 0 aliphatic heterocycles. The molecular weight excluding hydrogens is 206 g/mol. The van der Waals surface area contributed by atoms with Gasteiger partial charge in [-0.25, -0.2) is 0 Å². The van der Waals surface area contributed by atoms with Gasteiger partial charge in [-0.3, -0.25) is 9.59 Å². The maximum absolute atomic E-state index is 11.5. The Morgan fingerprint density at radius 1 is 1.25 bits per heavy atom. The summed E-state index contributed by atoms with van der Waals surface area (Å²) < 4.78 is 4.43. The average Bonchev–Trinajstić information content (AvgIpc) is 2.30. The molecule has 0 radical (unpaired) electrons. The summed E-state index contributed by atoms with van der Waals surface area (Å²) >= 11 is 0. The second-order valence-corrected chi connectivity index (χ2v) is 3.49. The predicted molar refractivity (Wildman–Crippen MR) is 59.5 cm³/mol. The molecule has 1 amide bonds. The van der Waals surface area contributed by atoms with Gasteiger partial charge in [-0.15, -0.1) is 0 Å². The molecule has 1 aromatic carbocycles. The van der Waals surface area contributed by atoms with Crippen LogP contribution in [0.25, 0.3) is 0 Å². The van der Waals surface area contributed by atoms with E-state index in [1.165, 1.54) is 12.0 Å². The van der Waals surface area contributed by atoms with Crippen molar-refractivity contribution in [3.05, 3.63) is 35.9 Å². The predicted octanol–water partition coefficient (Wildman–Crippen LogP) is 1.21. The monoisotopic (exact) mass is 221 g/mol. The third-order valence-electron chi connectivity index (χ3n) is 2.21. The zero-order valence-electron chi connectivity index (χ0n) is 9.47. The van der Waals surface area contributed by atoms with Gasteiger partial charge in [0.2, 0.25) is 5.91 Å². The first-order valence-corrected chi connectivity index (χ1v) is 4.98. The van der Waals surface area contributed by atoms with Crippen molar-refractivity contribution in [2.24, 2.45) is 0 Å². The molecule has 0 saturated carbocycles. The lowest BCUT2D eigenvalue weighted by Gasteiger charge is -2.16. The molecule has 0 bridgehead atoms. The van der Waals surface area contributed by atoms with Crippen LogP contribution in [0.2, 0.25) is 0 Å². The molecule has 0 unspecified atom stereocenters. The van der Waals surface area contributed by atoms with Crippen LogP contribution in [-0.2, 0) is 20.9 Å². The van der Waals surface area contributed by atoms with Crippen LogP contribution >= 0.6 is 0 Å². The Hall–Kier alpha value is -1.84. The van der Waals surface area contributed by atoms with E-state index >= 15 is 0 Å². The topological polar surface area (TPSA) is 46.6 Å². The van der Waals surface area contributed by atoms with Gasteiger partial charge in [0.05, 0.1) is 7.11 Å². The van der Waals surface area contributed by atoms with Crippen molar-refractivity contribution >= 4 is 11.9 Å². The molecule has 0 aromatic heterocycles. The maximum Gasteiger partial charge on any atom is 0.315 e. The standard InChI is InChI=1S/C12H15NO3/c1-13(11(14)8-12(15)16-2)9-10-6-4-3-5-7-10/h3-7H,8-9H2,1-2H3. The molecule has 0 fully saturated rings. The van der Waals surface area contributed by atoms with Gasteiger partial charge in [0.15, 0.2) is 0 Å². The number of amides is 1. The SMILES string of the molecule is COC(=O)CC(=O)N(C)Cc1ccccc1. The summed E-state index contributed by atoms with van der Waals surface area (Å²) in [5.74, 6) is -0.749. The molecule has 1 aromatic rings. The maximum atomic E-state index is 11.5. The fourth-order valence-electron chi connectivity index (χ4n) is 1.28. The van der Waals surface area contributed by atoms with E-state index in [9.17, 15) is 9.59 Å². The summed E-state index contributed by atoms with van der Waals surface area (Å²) in [6.07, 6.45) is -0.208. The summed E-state index contributed by atoms with van der Waals surface area (Å²) in [5, 5.41) is 0. The highest BCUT2D eigenvalue weighted by Gasteiger charge is 2.13. The summed E-state index contributed by atoms with van der Waals surface area (Å²) in [4.78, 5) is 24.0. The normalized spacial score (nSPS) is 9.62. The quantitative estimate of drug-likeness (QED) is 0.567. The molecule has 4 nitrogen and oxygen atoms in total. The Morgan fingerprint density at radius 2 is 1.88 bits per heavy atom. The van der Waals surface area contributed by atoms with Crippen molar-refractivity contribution in [1.29, 1.82) is 0 Å². The first-order chi connectivity index (χ1) is 7.63. The van der Waals surface area contributed by atoms with Gasteiger partial charge in [0, 0.05) is 13.6 Å². The number of hydrogen-bond acceptors (Lipinski definition) is 3. The van der Waals surface area contributed by atoms with Crippen LogP contribution in [0.3, 0.4) is 0 Å². The molecule has 0 spiro atoms. The average molecular weight is 221 g/mol. The van der Waals surface area contributed by atoms with Crippen molar-refractivity contribution in [3.63, 3.8) is 0 Å². The molecule has 0 aliphatic carbocycles. The lowest BCUT2D eigenvalue weighted by atomic mass is 10.2. The van der Waals surface area contributed by atoms with Gasteiger partial charge in [0.1, 0.15) is 6.42 Å². The van der Waals surface area contributed by atoms with Gasteiger partial charge in [-0.2, -0.15) is 0 Å². The fraction of sp³-hybridized carbons (Fsp3) is 0.333. The van der Waals surface area contributed by atoms with Crippen molar-refractivity contribution in [2.45, 2.75) is 13.0 Å². The van der Waals surface area contributed by atoms with Crippen molar-refractivity contribution in [1.82, 2.24) is 4.90 Å². The van der Waals surface area contributed by atoms with Crippen LogP contribution in [0.4, 0.5) is 0 Å². The smallest absolute Gasteiger partial charge is 0.315 e. The fourth-order valence-corrected chi connectivity index (χ4v) is 1.28. The van der Waals surface area contributed by atoms with E-state index in [2.05, 4.69) is 4.74 Å². The Morgan fingerprint density at radius 3 is 2.44 bits per heavy atom. The Kier molecular flexibility index (Phi) is 4.51. The van der Waals surface area contributed by atoms with Gasteiger partial charge < -0.3 is 9.64 Å². The Balaban J connectivity index is 2.49. The van der Waals surface area contributed by atoms with E-state index in [4.69, 9.17) is 0 Å². The molecule has 4 heteroatoms. The largest absolute Gasteiger partial charge is 0.469 e. The van der Waals surface area contributed by atoms with E-state index in [0.29, 0.717) is 6.54 Å². The second kappa shape index (κ2) is 5.90. The number of nitrogens with zero attached hydrogens (tertiary/aromatic N) is 1. The molecule has 16 heavy (non-hydrogen) atoms. The van der Waals surface area contributed by atoms with E-state index < -0.39 is 5.97 Å². The lowest BCUT2D eigenvalue weighted by Crippen LogP contribution is -2.28. The third-order valence-corrected chi connectivity index (χ3v) is 2.21. The zero-order chi connectivity index (χ0) is 12.0. The highest BCUT2D eigenvalue weighted by molar-refractivity contribution is 5.94. The number of ether oxygens (including phenoxy) is 1. The van der Waals surface area contributed by atoms with E-state index in [-0.39, 0.29) is 12.3 Å². The number of benzene rings is 1. The van der Waals surface area contributed by atoms with Gasteiger partial charge in [0.25, 0.3) is 0 Å². The minimum atomic E-state index is -0.509. The summed E-state index contributed by atoms with van der Waals surface area (Å²) in [5.41, 5.74) is 1.03. The molecule has 0 saturated heterocycles. The number of carbonyl (C=O) groups is 2. The summed E-state index contributed by atoms with van der Waals surface area (Å²) in [7, 11) is 2.94. The van der Waals surface area contributed by atoms with Crippen LogP contribution in [0.15, 0.2) is 30.3 Å². The van der Waals surface area contributed by atoms with Crippen molar-refractivity contribution < 1.29 is 14.3 Å². The number of esters is 1. The van der Waals surface area contributed by atoms with Crippen LogP contribution in [0.1, 0.15) is 12.0 Å². The first-order valence-electron chi connectivity index (χ1n) is 4.98. The number of rotatable bonds is 4. The van der Waals surface area contributed by atoms with Crippen LogP contribution in [0, 0.1) is 0 Å². The highest BCUT2D eigenvalue weighted by Crippen LogP contribution is 2.04. The molecule has 0 heterocycles. The van der Waals surface area contributed by atoms with Crippen LogP contribution in [0.5, 0.6) is 0 Å². The number of methoxy groups -OCH3 is 1. The minimum Gasteiger partial charge on any atom is -0.469 e. The molecule has 1 rings (SSSR count). The Labute approximate surface area is 94.8 Å². The second-order valence-electron chi connectivity index (χ2n) is 3.49. The molecular formula is C12H15NO3. The van der Waals surface area contributed by atoms with Crippen molar-refractivity contribution in [2.75, 3.05) is 14.2 Å². The van der Waals surface area contributed by atoms with Gasteiger partial charge in [-0.05, 0) is 5.56 Å². The molecule has 0 N–H and O–H groups in total. The Bertz CT molecular complexity index is 362. The van der Waals surface area contributed by atoms with Crippen LogP contribution < -0.4 is 0 Å². The van der Waals surface area contributed by atoms with Crippen molar-refractivity contribution in [3.8, 4) is 0 Å². The van der Waals surface area contributed by atoms with Gasteiger partial charge >= 0.3 is 5.97 Å². The lowest BCUT2D eigenvalue weighted by molar-refractivity contribution is -0.146. The molecule has 0 aliphatic rings. The molecule has 0 atom stereocenters. The number of hydrogen-bond donors (Lipinski definition) is 0. The minimum absolute atomic E-state index is 0.208. The zero-order valence-corrected chi connectivity index (χ0v) is 9.47.